The molecule has 4 unspecified atom stereocenters. The Bertz CT molecular complexity index is 988. The fourth-order valence-corrected chi connectivity index (χ4v) is 5.66. The molecule has 6 N–H and O–H groups in total. The highest BCUT2D eigenvalue weighted by Gasteiger charge is 2.46. The first-order valence-electron chi connectivity index (χ1n) is 8.06. The van der Waals surface area contributed by atoms with Crippen LogP contribution >= 0.6 is 23.5 Å². The van der Waals surface area contributed by atoms with E-state index in [0.717, 1.165) is 0 Å². The Morgan fingerprint density at radius 2 is 1.71 bits per heavy atom. The van der Waals surface area contributed by atoms with Crippen molar-refractivity contribution in [3.8, 4) is 11.8 Å². The third-order valence-corrected chi connectivity index (χ3v) is 7.65. The maximum atomic E-state index is 11.8. The van der Waals surface area contributed by atoms with Crippen LogP contribution in [0.1, 0.15) is 17.2 Å². The molecule has 1 fully saturated rings. The van der Waals surface area contributed by atoms with Gasteiger partial charge >= 0.3 is 23.5 Å². The van der Waals surface area contributed by atoms with Crippen molar-refractivity contribution >= 4 is 23.5 Å². The van der Waals surface area contributed by atoms with Crippen LogP contribution in [0.5, 0.6) is 5.75 Å². The van der Waals surface area contributed by atoms with Gasteiger partial charge in [0.1, 0.15) is 30.2 Å². The number of aliphatic hydroxyl groups excluding tert-OH is 2. The largest absolute Gasteiger partial charge is 0.496 e. The van der Waals surface area contributed by atoms with Gasteiger partial charge in [0.2, 0.25) is 0 Å². The highest BCUT2D eigenvalue weighted by Crippen LogP contribution is 2.66. The van der Waals surface area contributed by atoms with Crippen LogP contribution in [0, 0.1) is 11.3 Å². The molecular weight excluding hydrogens is 487 g/mol. The van der Waals surface area contributed by atoms with Gasteiger partial charge in [0.05, 0.1) is 25.3 Å². The zero-order valence-corrected chi connectivity index (χ0v) is 18.2. The van der Waals surface area contributed by atoms with Crippen LogP contribution in [-0.2, 0) is 31.6 Å². The van der Waals surface area contributed by atoms with E-state index in [1.165, 1.54) is 25.3 Å². The van der Waals surface area contributed by atoms with E-state index in [4.69, 9.17) is 29.4 Å². The quantitative estimate of drug-likeness (QED) is 0.243. The van der Waals surface area contributed by atoms with Crippen LogP contribution in [0.15, 0.2) is 18.2 Å². The number of hydrogen-bond donors (Lipinski definition) is 6. The van der Waals surface area contributed by atoms with Gasteiger partial charge in [0.25, 0.3) is 0 Å². The van der Waals surface area contributed by atoms with Crippen molar-refractivity contribution in [3.05, 3.63) is 29.3 Å². The van der Waals surface area contributed by atoms with Crippen LogP contribution in [0.25, 0.3) is 0 Å². The van der Waals surface area contributed by atoms with Crippen LogP contribution in [0.3, 0.4) is 0 Å². The third-order valence-electron chi connectivity index (χ3n) is 3.85. The fourth-order valence-electron chi connectivity index (χ4n) is 2.63. The number of phosphoric ester groups is 1. The number of benzene rings is 1. The molecule has 1 saturated heterocycles. The van der Waals surface area contributed by atoms with Crippen molar-refractivity contribution in [2.45, 2.75) is 24.4 Å². The highest BCUT2D eigenvalue weighted by atomic mass is 31.3. The summed E-state index contributed by atoms with van der Waals surface area (Å²) in [7, 11) is -15.4. The Morgan fingerprint density at radius 3 is 2.26 bits per heavy atom. The lowest BCUT2D eigenvalue weighted by molar-refractivity contribution is -0.0228. The van der Waals surface area contributed by atoms with Crippen molar-refractivity contribution < 1.29 is 66.1 Å². The number of ether oxygens (including phenoxy) is 2. The van der Waals surface area contributed by atoms with E-state index in [-0.39, 0.29) is 16.9 Å². The minimum atomic E-state index is -5.70. The summed E-state index contributed by atoms with van der Waals surface area (Å²) in [4.78, 5) is 35.6. The second kappa shape index (κ2) is 9.74. The molecule has 174 valence electrons. The molecule has 0 aromatic heterocycles. The van der Waals surface area contributed by atoms with E-state index in [1.807, 2.05) is 6.07 Å². The first-order chi connectivity index (χ1) is 14.2. The molecule has 1 aliphatic rings. The Hall–Kier alpha value is -1.20. The average Bonchev–Trinajstić information content (AvgIpc) is 2.91. The van der Waals surface area contributed by atoms with Crippen LogP contribution in [0.4, 0.5) is 0 Å². The fraction of sp³-hybridized carbons (Fsp3) is 0.462. The van der Waals surface area contributed by atoms with Crippen LogP contribution in [0.2, 0.25) is 0 Å². The molecule has 1 aromatic rings. The summed E-state index contributed by atoms with van der Waals surface area (Å²) in [6, 6.07) is 6.06. The highest BCUT2D eigenvalue weighted by molar-refractivity contribution is 7.66. The number of aliphatic hydroxyl groups is 2. The number of hydrogen-bond acceptors (Lipinski definition) is 11. The summed E-state index contributed by atoms with van der Waals surface area (Å²) in [5.74, 6) is 0.156. The average molecular weight is 505 g/mol. The lowest BCUT2D eigenvalue weighted by Crippen LogP contribution is -2.33. The van der Waals surface area contributed by atoms with Crippen molar-refractivity contribution in [1.29, 1.82) is 5.26 Å². The first-order valence-corrected chi connectivity index (χ1v) is 12.6. The van der Waals surface area contributed by atoms with Gasteiger partial charge in [-0.05, 0) is 12.1 Å². The first kappa shape index (κ1) is 26.1. The lowest BCUT2D eigenvalue weighted by atomic mass is 9.99. The molecule has 1 aromatic carbocycles. The summed E-state index contributed by atoms with van der Waals surface area (Å²) in [5.41, 5.74) is 0.492. The molecular formula is C13H18NO14P3. The van der Waals surface area contributed by atoms with Gasteiger partial charge in [-0.15, -0.1) is 0 Å². The monoisotopic (exact) mass is 505 g/mol. The topological polar surface area (TPSA) is 243 Å². The van der Waals surface area contributed by atoms with Crippen molar-refractivity contribution in [2.75, 3.05) is 13.7 Å². The molecule has 18 heteroatoms. The molecule has 0 amide bonds. The van der Waals surface area contributed by atoms with E-state index < -0.39 is 54.5 Å². The zero-order chi connectivity index (χ0) is 23.6. The van der Waals surface area contributed by atoms with E-state index in [2.05, 4.69) is 13.1 Å². The van der Waals surface area contributed by atoms with Gasteiger partial charge in [0, 0.05) is 5.56 Å². The number of nitriles is 1. The maximum absolute atomic E-state index is 11.8. The standard InChI is InChI=1S/C13H18NO14P3/c1-24-9-4-7(5-14)2-3-8(9)13-12(16)11(15)10(26-13)6-25-30(20,21)28-31(22,23)27-29(17,18)19/h2-4,10-13,15-16H,6H2,1H3,(H,20,21)(H,22,23)(H2,17,18,19)/t10-,11?,12?,13+/m1/s1. The predicted octanol–water partition coefficient (Wildman–Crippen LogP) is 0.0719. The zero-order valence-electron chi connectivity index (χ0n) is 15.5. The van der Waals surface area contributed by atoms with Crippen LogP contribution in [-0.4, -0.2) is 61.8 Å². The Kier molecular flexibility index (Phi) is 8.19. The minimum absolute atomic E-state index is 0.156. The Morgan fingerprint density at radius 1 is 1.06 bits per heavy atom. The van der Waals surface area contributed by atoms with E-state index in [0.29, 0.717) is 0 Å². The summed E-state index contributed by atoms with van der Waals surface area (Å²) in [6.07, 6.45) is -5.86. The second-order valence-electron chi connectivity index (χ2n) is 6.03. The molecule has 15 nitrogen and oxygen atoms in total. The molecule has 0 bridgehead atoms. The van der Waals surface area contributed by atoms with Gasteiger partial charge in [-0.3, -0.25) is 4.52 Å². The molecule has 6 atom stereocenters. The maximum Gasteiger partial charge on any atom is 0.490 e. The predicted molar refractivity (Wildman–Crippen MR) is 97.2 cm³/mol. The number of nitrogens with zero attached hydrogens (tertiary/aromatic N) is 1. The molecule has 1 heterocycles. The van der Waals surface area contributed by atoms with E-state index in [9.17, 15) is 28.8 Å². The van der Waals surface area contributed by atoms with Gasteiger partial charge in [-0.1, -0.05) is 6.07 Å². The van der Waals surface area contributed by atoms with Crippen molar-refractivity contribution in [3.63, 3.8) is 0 Å². The van der Waals surface area contributed by atoms with Gasteiger partial charge < -0.3 is 39.3 Å². The third kappa shape index (κ3) is 7.15. The van der Waals surface area contributed by atoms with Gasteiger partial charge in [-0.25, -0.2) is 13.7 Å². The van der Waals surface area contributed by atoms with E-state index >= 15 is 0 Å². The Balaban J connectivity index is 2.09. The molecule has 0 saturated carbocycles. The van der Waals surface area contributed by atoms with E-state index in [1.54, 1.807) is 0 Å². The molecule has 1 aliphatic heterocycles. The number of rotatable bonds is 9. The minimum Gasteiger partial charge on any atom is -0.496 e. The SMILES string of the molecule is COc1cc(C#N)ccc1[C@@H]1O[C@H](COP(=O)(O)OP(=O)(O)OP(=O)(O)O)C(O)C1O. The van der Waals surface area contributed by atoms with Crippen molar-refractivity contribution in [1.82, 2.24) is 0 Å². The molecule has 0 aliphatic carbocycles. The number of phosphoric acid groups is 3. The molecule has 0 radical (unpaired) electrons. The normalized spacial score (nSPS) is 27.8. The molecule has 0 spiro atoms. The molecule has 31 heavy (non-hydrogen) atoms. The summed E-state index contributed by atoms with van der Waals surface area (Å²) < 4.78 is 55.8. The Labute approximate surface area is 174 Å². The second-order valence-corrected chi connectivity index (χ2v) is 10.5. The smallest absolute Gasteiger partial charge is 0.490 e. The summed E-state index contributed by atoms with van der Waals surface area (Å²) >= 11 is 0. The van der Waals surface area contributed by atoms with Gasteiger partial charge in [-0.2, -0.15) is 13.9 Å². The van der Waals surface area contributed by atoms with Crippen LogP contribution < -0.4 is 4.74 Å². The summed E-state index contributed by atoms with van der Waals surface area (Å²) in [6.45, 7) is -0.947. The number of methoxy groups -OCH3 is 1. The van der Waals surface area contributed by atoms with Gasteiger partial charge in [0.15, 0.2) is 0 Å². The summed E-state index contributed by atoms with van der Waals surface area (Å²) in [5, 5.41) is 29.4. The van der Waals surface area contributed by atoms with Crippen molar-refractivity contribution in [2.24, 2.45) is 0 Å². The lowest BCUT2D eigenvalue weighted by Gasteiger charge is -2.19. The molecule has 2 rings (SSSR count).